The number of nitrogens with one attached hydrogen (secondary N) is 1. The van der Waals surface area contributed by atoms with Crippen LogP contribution >= 0.6 is 0 Å². The maximum atomic E-state index is 12.3. The number of para-hydroxylation sites is 1. The first-order valence-corrected chi connectivity index (χ1v) is 7.31. The van der Waals surface area contributed by atoms with Crippen molar-refractivity contribution < 1.29 is 14.3 Å². The Balaban J connectivity index is 1.56. The van der Waals surface area contributed by atoms with Crippen LogP contribution in [-0.2, 0) is 9.53 Å². The second kappa shape index (κ2) is 6.62. The molecule has 0 spiro atoms. The third-order valence-electron chi connectivity index (χ3n) is 3.55. The molecular weight excluding hydrogens is 282 g/mol. The zero-order chi connectivity index (χ0) is 15.4. The highest BCUT2D eigenvalue weighted by Crippen LogP contribution is 2.20. The zero-order valence-electron chi connectivity index (χ0n) is 12.5. The monoisotopic (exact) mass is 301 g/mol. The summed E-state index contributed by atoms with van der Waals surface area (Å²) in [5.74, 6) is 1.42. The Morgan fingerprint density at radius 2 is 2.27 bits per heavy atom. The van der Waals surface area contributed by atoms with Crippen molar-refractivity contribution >= 4 is 5.91 Å². The maximum Gasteiger partial charge on any atom is 0.260 e. The van der Waals surface area contributed by atoms with Crippen LogP contribution in [0, 0.1) is 6.92 Å². The number of H-pyrrole nitrogens is 1. The summed E-state index contributed by atoms with van der Waals surface area (Å²) >= 11 is 0. The van der Waals surface area contributed by atoms with Crippen molar-refractivity contribution in [3.63, 3.8) is 0 Å². The number of carbonyl (C=O) groups is 1. The Kier molecular flexibility index (Phi) is 4.39. The van der Waals surface area contributed by atoms with Gasteiger partial charge in [-0.15, -0.1) is 0 Å². The number of amides is 1. The number of aromatic nitrogens is 2. The largest absolute Gasteiger partial charge is 0.484 e. The van der Waals surface area contributed by atoms with Crippen molar-refractivity contribution in [2.24, 2.45) is 0 Å². The van der Waals surface area contributed by atoms with Crippen LogP contribution < -0.4 is 4.74 Å². The smallest absolute Gasteiger partial charge is 0.260 e. The molecular formula is C16H19N3O3. The molecule has 1 fully saturated rings. The SMILES string of the molecule is Cc1cnc([C@H]2CN(C(=O)COc3ccccc3)CCO2)[nH]1. The summed E-state index contributed by atoms with van der Waals surface area (Å²) in [4.78, 5) is 21.5. The van der Waals surface area contributed by atoms with Gasteiger partial charge >= 0.3 is 0 Å². The van der Waals surface area contributed by atoms with Crippen molar-refractivity contribution in [2.75, 3.05) is 26.3 Å². The van der Waals surface area contributed by atoms with Gasteiger partial charge in [-0.05, 0) is 19.1 Å². The van der Waals surface area contributed by atoms with E-state index >= 15 is 0 Å². The predicted octanol–water partition coefficient (Wildman–Crippen LogP) is 1.70. The topological polar surface area (TPSA) is 67.5 Å². The van der Waals surface area contributed by atoms with Crippen molar-refractivity contribution in [2.45, 2.75) is 13.0 Å². The summed E-state index contributed by atoms with van der Waals surface area (Å²) in [6.07, 6.45) is 1.56. The quantitative estimate of drug-likeness (QED) is 0.933. The van der Waals surface area contributed by atoms with Gasteiger partial charge in [-0.1, -0.05) is 18.2 Å². The van der Waals surface area contributed by atoms with Gasteiger partial charge in [0.1, 0.15) is 17.7 Å². The van der Waals surface area contributed by atoms with Crippen LogP contribution in [0.2, 0.25) is 0 Å². The van der Waals surface area contributed by atoms with Gasteiger partial charge in [-0.25, -0.2) is 4.98 Å². The molecule has 0 aliphatic carbocycles. The first-order valence-electron chi connectivity index (χ1n) is 7.31. The third kappa shape index (κ3) is 3.46. The van der Waals surface area contributed by atoms with Gasteiger partial charge in [-0.2, -0.15) is 0 Å². The third-order valence-corrected chi connectivity index (χ3v) is 3.55. The number of nitrogens with zero attached hydrogens (tertiary/aromatic N) is 2. The van der Waals surface area contributed by atoms with Crippen LogP contribution in [0.15, 0.2) is 36.5 Å². The number of hydrogen-bond donors (Lipinski definition) is 1. The molecule has 0 bridgehead atoms. The van der Waals surface area contributed by atoms with Crippen LogP contribution in [-0.4, -0.2) is 47.1 Å². The van der Waals surface area contributed by atoms with Gasteiger partial charge in [0.05, 0.1) is 13.2 Å². The molecule has 1 aromatic carbocycles. The van der Waals surface area contributed by atoms with Crippen LogP contribution in [0.4, 0.5) is 0 Å². The molecule has 1 N–H and O–H groups in total. The molecule has 1 atom stereocenters. The van der Waals surface area contributed by atoms with Crippen molar-refractivity contribution in [1.82, 2.24) is 14.9 Å². The molecule has 116 valence electrons. The van der Waals surface area contributed by atoms with E-state index in [0.717, 1.165) is 11.5 Å². The number of hydrogen-bond acceptors (Lipinski definition) is 4. The fraction of sp³-hybridized carbons (Fsp3) is 0.375. The highest BCUT2D eigenvalue weighted by atomic mass is 16.5. The molecule has 2 heterocycles. The Hall–Kier alpha value is -2.34. The summed E-state index contributed by atoms with van der Waals surface area (Å²) in [7, 11) is 0. The number of benzene rings is 1. The van der Waals surface area contributed by atoms with Crippen LogP contribution in [0.5, 0.6) is 5.75 Å². The fourth-order valence-corrected chi connectivity index (χ4v) is 2.39. The Morgan fingerprint density at radius 3 is 3.00 bits per heavy atom. The molecule has 0 saturated carbocycles. The highest BCUT2D eigenvalue weighted by Gasteiger charge is 2.27. The average Bonchev–Trinajstić information content (AvgIpc) is 3.00. The van der Waals surface area contributed by atoms with E-state index in [1.165, 1.54) is 0 Å². The summed E-state index contributed by atoms with van der Waals surface area (Å²) in [6.45, 7) is 3.54. The van der Waals surface area contributed by atoms with Crippen LogP contribution in [0.25, 0.3) is 0 Å². The van der Waals surface area contributed by atoms with Gasteiger partial charge in [0, 0.05) is 18.4 Å². The fourth-order valence-electron chi connectivity index (χ4n) is 2.39. The minimum atomic E-state index is -0.205. The van der Waals surface area contributed by atoms with E-state index in [-0.39, 0.29) is 18.6 Å². The van der Waals surface area contributed by atoms with Crippen LogP contribution in [0.1, 0.15) is 17.6 Å². The lowest BCUT2D eigenvalue weighted by Crippen LogP contribution is -2.44. The van der Waals surface area contributed by atoms with Crippen molar-refractivity contribution in [1.29, 1.82) is 0 Å². The molecule has 22 heavy (non-hydrogen) atoms. The van der Waals surface area contributed by atoms with Gasteiger partial charge in [0.15, 0.2) is 6.61 Å². The number of imidazole rings is 1. The summed E-state index contributed by atoms with van der Waals surface area (Å²) in [6, 6.07) is 9.34. The second-order valence-corrected chi connectivity index (χ2v) is 5.25. The van der Waals surface area contributed by atoms with Gasteiger partial charge in [-0.3, -0.25) is 4.79 Å². The van der Waals surface area contributed by atoms with Gasteiger partial charge in [0.2, 0.25) is 0 Å². The number of carbonyl (C=O) groups excluding carboxylic acids is 1. The predicted molar refractivity (Wildman–Crippen MR) is 80.5 cm³/mol. The molecule has 1 aliphatic heterocycles. The second-order valence-electron chi connectivity index (χ2n) is 5.25. The first-order chi connectivity index (χ1) is 10.7. The molecule has 6 heteroatoms. The van der Waals surface area contributed by atoms with Crippen molar-refractivity contribution in [3.8, 4) is 5.75 Å². The Labute approximate surface area is 129 Å². The molecule has 0 unspecified atom stereocenters. The average molecular weight is 301 g/mol. The summed E-state index contributed by atoms with van der Waals surface area (Å²) < 4.78 is 11.2. The van der Waals surface area contributed by atoms with Gasteiger partial charge < -0.3 is 19.4 Å². The summed E-state index contributed by atoms with van der Waals surface area (Å²) in [5, 5.41) is 0. The lowest BCUT2D eigenvalue weighted by Gasteiger charge is -2.32. The van der Waals surface area contributed by atoms with E-state index in [2.05, 4.69) is 9.97 Å². The lowest BCUT2D eigenvalue weighted by molar-refractivity contribution is -0.141. The number of ether oxygens (including phenoxy) is 2. The van der Waals surface area contributed by atoms with E-state index in [4.69, 9.17) is 9.47 Å². The van der Waals surface area contributed by atoms with E-state index in [1.807, 2.05) is 37.3 Å². The van der Waals surface area contributed by atoms with E-state index < -0.39 is 0 Å². The number of rotatable bonds is 4. The molecule has 1 amide bonds. The van der Waals surface area contributed by atoms with Gasteiger partial charge in [0.25, 0.3) is 5.91 Å². The maximum absolute atomic E-state index is 12.3. The number of aryl methyl sites for hydroxylation is 1. The standard InChI is InChI=1S/C16H19N3O3/c1-12-9-17-16(18-12)14-10-19(7-8-21-14)15(20)11-22-13-5-3-2-4-6-13/h2-6,9,14H,7-8,10-11H2,1H3,(H,17,18)/t14-/m1/s1. The minimum Gasteiger partial charge on any atom is -0.484 e. The molecule has 2 aromatic rings. The highest BCUT2D eigenvalue weighted by molar-refractivity contribution is 5.77. The number of aromatic amines is 1. The van der Waals surface area contributed by atoms with E-state index in [1.54, 1.807) is 11.1 Å². The van der Waals surface area contributed by atoms with Crippen molar-refractivity contribution in [3.05, 3.63) is 48.0 Å². The zero-order valence-corrected chi connectivity index (χ0v) is 12.5. The summed E-state index contributed by atoms with van der Waals surface area (Å²) in [5.41, 5.74) is 0.981. The molecule has 1 aliphatic rings. The molecule has 1 aromatic heterocycles. The molecule has 3 rings (SSSR count). The van der Waals surface area contributed by atoms with Crippen LogP contribution in [0.3, 0.4) is 0 Å². The first kappa shape index (κ1) is 14.6. The molecule has 1 saturated heterocycles. The normalized spacial score (nSPS) is 18.2. The minimum absolute atomic E-state index is 0.0356. The lowest BCUT2D eigenvalue weighted by atomic mass is 10.2. The Morgan fingerprint density at radius 1 is 1.45 bits per heavy atom. The Bertz CT molecular complexity index is 627. The molecule has 6 nitrogen and oxygen atoms in total. The number of morpholine rings is 1. The molecule has 0 radical (unpaired) electrons. The van der Waals surface area contributed by atoms with E-state index in [0.29, 0.717) is 25.4 Å². The van der Waals surface area contributed by atoms with E-state index in [9.17, 15) is 4.79 Å².